The molecule has 0 atom stereocenters. The van der Waals surface area contributed by atoms with Crippen molar-refractivity contribution in [2.24, 2.45) is 5.41 Å². The SMILES string of the molecule is COC(=O)C(CC#CCCC(=O)c1ccc([N+](=O)[O-])cc1)(CC=C(C)C)C(=O)OC. The van der Waals surface area contributed by atoms with Gasteiger partial charge in [-0.25, -0.2) is 0 Å². The van der Waals surface area contributed by atoms with Crippen LogP contribution in [-0.2, 0) is 19.1 Å². The summed E-state index contributed by atoms with van der Waals surface area (Å²) in [6.07, 6.45) is 2.03. The molecule has 0 aliphatic rings. The lowest BCUT2D eigenvalue weighted by Gasteiger charge is -2.25. The van der Waals surface area contributed by atoms with Crippen LogP contribution in [0.3, 0.4) is 0 Å². The van der Waals surface area contributed by atoms with E-state index in [2.05, 4.69) is 11.8 Å². The van der Waals surface area contributed by atoms with Gasteiger partial charge in [0.2, 0.25) is 0 Å². The maximum atomic E-state index is 12.4. The van der Waals surface area contributed by atoms with Crippen LogP contribution in [0.15, 0.2) is 35.9 Å². The maximum Gasteiger partial charge on any atom is 0.324 e. The third-order valence-electron chi connectivity index (χ3n) is 4.40. The number of esters is 2. The number of allylic oxidation sites excluding steroid dienone is 2. The lowest BCUT2D eigenvalue weighted by atomic mass is 9.80. The zero-order chi connectivity index (χ0) is 22.7. The molecule has 0 saturated carbocycles. The molecule has 0 N–H and O–H groups in total. The fourth-order valence-electron chi connectivity index (χ4n) is 2.63. The molecule has 30 heavy (non-hydrogen) atoms. The normalized spacial score (nSPS) is 10.3. The number of carbonyl (C=O) groups excluding carboxylic acids is 3. The van der Waals surface area contributed by atoms with E-state index in [0.717, 1.165) is 5.57 Å². The van der Waals surface area contributed by atoms with Gasteiger partial charge in [-0.1, -0.05) is 11.6 Å². The standard InChI is InChI=1S/C22H25NO7/c1-16(2)13-15-22(20(25)29-3,21(26)30-4)14-7-5-6-8-19(24)17-9-11-18(12-10-17)23(27)28/h9-13H,6,8,14-15H2,1-4H3. The van der Waals surface area contributed by atoms with E-state index in [0.29, 0.717) is 5.56 Å². The third kappa shape index (κ3) is 6.55. The van der Waals surface area contributed by atoms with E-state index in [4.69, 9.17) is 9.47 Å². The van der Waals surface area contributed by atoms with Crippen LogP contribution in [0.2, 0.25) is 0 Å². The van der Waals surface area contributed by atoms with Gasteiger partial charge in [0.25, 0.3) is 5.69 Å². The Kier molecular flexibility index (Phi) is 9.43. The number of carbonyl (C=O) groups is 3. The van der Waals surface area contributed by atoms with Gasteiger partial charge in [-0.05, 0) is 32.4 Å². The molecule has 0 radical (unpaired) electrons. The van der Waals surface area contributed by atoms with Crippen LogP contribution >= 0.6 is 0 Å². The highest BCUT2D eigenvalue weighted by Gasteiger charge is 2.47. The number of benzene rings is 1. The Hall–Kier alpha value is -3.47. The third-order valence-corrected chi connectivity index (χ3v) is 4.40. The molecule has 8 heteroatoms. The summed E-state index contributed by atoms with van der Waals surface area (Å²) in [5, 5.41) is 10.7. The minimum Gasteiger partial charge on any atom is -0.468 e. The lowest BCUT2D eigenvalue weighted by Crippen LogP contribution is -2.40. The topological polar surface area (TPSA) is 113 Å². The molecule has 0 bridgehead atoms. The van der Waals surface area contributed by atoms with E-state index >= 15 is 0 Å². The Morgan fingerprint density at radius 1 is 1.07 bits per heavy atom. The molecule has 8 nitrogen and oxygen atoms in total. The van der Waals surface area contributed by atoms with Crippen molar-refractivity contribution in [1.82, 2.24) is 0 Å². The molecular formula is C22H25NO7. The highest BCUT2D eigenvalue weighted by molar-refractivity contribution is 6.00. The Balaban J connectivity index is 2.86. The van der Waals surface area contributed by atoms with Gasteiger partial charge in [0.15, 0.2) is 11.2 Å². The van der Waals surface area contributed by atoms with Crippen molar-refractivity contribution in [3.63, 3.8) is 0 Å². The average molecular weight is 415 g/mol. The second-order valence-corrected chi connectivity index (χ2v) is 6.81. The van der Waals surface area contributed by atoms with Crippen molar-refractivity contribution in [3.05, 3.63) is 51.6 Å². The average Bonchev–Trinajstić information content (AvgIpc) is 2.74. The molecule has 0 unspecified atom stereocenters. The Morgan fingerprint density at radius 3 is 2.10 bits per heavy atom. The van der Waals surface area contributed by atoms with E-state index in [1.807, 2.05) is 13.8 Å². The predicted molar refractivity (Wildman–Crippen MR) is 110 cm³/mol. The summed E-state index contributed by atoms with van der Waals surface area (Å²) in [5.74, 6) is 3.91. The number of non-ortho nitro benzene ring substituents is 1. The summed E-state index contributed by atoms with van der Waals surface area (Å²) in [6, 6.07) is 5.33. The summed E-state index contributed by atoms with van der Waals surface area (Å²) in [6.45, 7) is 3.68. The minimum absolute atomic E-state index is 0.0884. The monoisotopic (exact) mass is 415 g/mol. The summed E-state index contributed by atoms with van der Waals surface area (Å²) in [4.78, 5) is 47.0. The van der Waals surface area contributed by atoms with Crippen LogP contribution in [0.1, 0.15) is 49.9 Å². The molecule has 1 rings (SSSR count). The van der Waals surface area contributed by atoms with E-state index in [9.17, 15) is 24.5 Å². The number of nitrogens with zero attached hydrogens (tertiary/aromatic N) is 1. The zero-order valence-corrected chi connectivity index (χ0v) is 17.5. The zero-order valence-electron chi connectivity index (χ0n) is 17.5. The molecule has 1 aromatic carbocycles. The lowest BCUT2D eigenvalue weighted by molar-refractivity contribution is -0.384. The minimum atomic E-state index is -1.57. The second kappa shape index (κ2) is 11.5. The first-order valence-corrected chi connectivity index (χ1v) is 9.21. The highest BCUT2D eigenvalue weighted by Crippen LogP contribution is 2.31. The van der Waals surface area contributed by atoms with Gasteiger partial charge in [0.05, 0.1) is 19.1 Å². The fourth-order valence-corrected chi connectivity index (χ4v) is 2.63. The van der Waals surface area contributed by atoms with Crippen LogP contribution in [0.4, 0.5) is 5.69 Å². The van der Waals surface area contributed by atoms with E-state index in [1.165, 1.54) is 38.5 Å². The largest absolute Gasteiger partial charge is 0.468 e. The highest BCUT2D eigenvalue weighted by atomic mass is 16.6. The first-order valence-electron chi connectivity index (χ1n) is 9.21. The molecule has 0 spiro atoms. The summed E-state index contributed by atoms with van der Waals surface area (Å²) >= 11 is 0. The molecule has 0 aliphatic heterocycles. The van der Waals surface area contributed by atoms with Crippen LogP contribution in [0, 0.1) is 27.4 Å². The second-order valence-electron chi connectivity index (χ2n) is 6.81. The van der Waals surface area contributed by atoms with Gasteiger partial charge in [0, 0.05) is 37.0 Å². The fraction of sp³-hybridized carbons (Fsp3) is 0.409. The van der Waals surface area contributed by atoms with Gasteiger partial charge >= 0.3 is 11.9 Å². The first-order chi connectivity index (χ1) is 14.2. The van der Waals surface area contributed by atoms with Crippen molar-refractivity contribution in [2.45, 2.75) is 39.5 Å². The smallest absolute Gasteiger partial charge is 0.324 e. The molecule has 1 aromatic rings. The number of ether oxygens (including phenoxy) is 2. The van der Waals surface area contributed by atoms with Crippen LogP contribution in [0.5, 0.6) is 0 Å². The van der Waals surface area contributed by atoms with Crippen LogP contribution < -0.4 is 0 Å². The Labute approximate surface area is 175 Å². The molecule has 0 saturated heterocycles. The molecule has 160 valence electrons. The van der Waals surface area contributed by atoms with Gasteiger partial charge in [-0.2, -0.15) is 0 Å². The Bertz CT molecular complexity index is 868. The quantitative estimate of drug-likeness (QED) is 0.115. The van der Waals surface area contributed by atoms with Gasteiger partial charge in [0.1, 0.15) is 0 Å². The van der Waals surface area contributed by atoms with Crippen molar-refractivity contribution in [2.75, 3.05) is 14.2 Å². The predicted octanol–water partition coefficient (Wildman–Crippen LogP) is 3.64. The van der Waals surface area contributed by atoms with Gasteiger partial charge < -0.3 is 9.47 Å². The number of Topliss-reactive ketones (excluding diaryl/α,β-unsaturated/α-hetero) is 1. The maximum absolute atomic E-state index is 12.4. The molecule has 0 heterocycles. The number of methoxy groups -OCH3 is 2. The molecule has 0 fully saturated rings. The number of nitro groups is 1. The molecule has 0 aromatic heterocycles. The molecule has 0 amide bonds. The van der Waals surface area contributed by atoms with E-state index < -0.39 is 22.3 Å². The van der Waals surface area contributed by atoms with Crippen molar-refractivity contribution < 1.29 is 28.8 Å². The Morgan fingerprint density at radius 2 is 1.63 bits per heavy atom. The van der Waals surface area contributed by atoms with Crippen LogP contribution in [-0.4, -0.2) is 36.9 Å². The van der Waals surface area contributed by atoms with E-state index in [-0.39, 0.29) is 37.2 Å². The number of hydrogen-bond acceptors (Lipinski definition) is 7. The van der Waals surface area contributed by atoms with Gasteiger partial charge in [-0.3, -0.25) is 24.5 Å². The van der Waals surface area contributed by atoms with Crippen molar-refractivity contribution in [3.8, 4) is 11.8 Å². The first kappa shape index (κ1) is 24.6. The van der Waals surface area contributed by atoms with Crippen molar-refractivity contribution >= 4 is 23.4 Å². The van der Waals surface area contributed by atoms with E-state index in [1.54, 1.807) is 6.08 Å². The molecular weight excluding hydrogens is 390 g/mol. The number of nitro benzene ring substituents is 1. The number of ketones is 1. The summed E-state index contributed by atoms with van der Waals surface area (Å²) in [7, 11) is 2.39. The number of rotatable bonds is 9. The van der Waals surface area contributed by atoms with Gasteiger partial charge in [-0.15, -0.1) is 11.8 Å². The van der Waals surface area contributed by atoms with Crippen LogP contribution in [0.25, 0.3) is 0 Å². The molecule has 0 aliphatic carbocycles. The number of hydrogen-bond donors (Lipinski definition) is 0. The summed E-state index contributed by atoms with van der Waals surface area (Å²) < 4.78 is 9.62. The van der Waals surface area contributed by atoms with Crippen molar-refractivity contribution in [1.29, 1.82) is 0 Å². The summed E-state index contributed by atoms with van der Waals surface area (Å²) in [5.41, 5.74) is -0.390.